The number of nitrogens with two attached hydrogens (primary N) is 1. The number of hydrogen-bond acceptors (Lipinski definition) is 5. The Hall–Kier alpha value is -0.720. The van der Waals surface area contributed by atoms with E-state index < -0.39 is 5.41 Å². The lowest BCUT2D eigenvalue weighted by molar-refractivity contribution is -0.125. The molecule has 7 heteroatoms. The van der Waals surface area contributed by atoms with Gasteiger partial charge in [-0.25, -0.2) is 0 Å². The minimum atomic E-state index is -0.496. The van der Waals surface area contributed by atoms with Gasteiger partial charge in [-0.3, -0.25) is 10.1 Å². The molecule has 0 spiro atoms. The van der Waals surface area contributed by atoms with Crippen LogP contribution in [0.5, 0.6) is 0 Å². The summed E-state index contributed by atoms with van der Waals surface area (Å²) in [6.45, 7) is 8.41. The zero-order valence-corrected chi connectivity index (χ0v) is 13.5. The Kier molecular flexibility index (Phi) is 7.47. The van der Waals surface area contributed by atoms with Crippen LogP contribution in [0, 0.1) is 5.41 Å². The molecule has 19 heavy (non-hydrogen) atoms. The molecule has 0 atom stereocenters. The standard InChI is InChI=1S/C12H22N4OS.ClH/c1-5-12(6-2,7-13)10(17)14-11-16-15-9(18-11)8(3)4;/h8H,5-7,13H2,1-4H3,(H,14,16,17);1H. The zero-order valence-electron chi connectivity index (χ0n) is 11.9. The maximum absolute atomic E-state index is 12.3. The van der Waals surface area contributed by atoms with Crippen molar-refractivity contribution in [1.82, 2.24) is 10.2 Å². The van der Waals surface area contributed by atoms with E-state index in [4.69, 9.17) is 5.73 Å². The van der Waals surface area contributed by atoms with Crippen LogP contribution in [0.2, 0.25) is 0 Å². The Morgan fingerprint density at radius 2 is 1.95 bits per heavy atom. The molecule has 0 unspecified atom stereocenters. The molecule has 1 rings (SSSR count). The van der Waals surface area contributed by atoms with Crippen LogP contribution in [0.1, 0.15) is 51.5 Å². The maximum atomic E-state index is 12.3. The number of rotatable bonds is 6. The van der Waals surface area contributed by atoms with E-state index >= 15 is 0 Å². The van der Waals surface area contributed by atoms with Crippen molar-refractivity contribution >= 4 is 34.8 Å². The van der Waals surface area contributed by atoms with Crippen LogP contribution in [0.3, 0.4) is 0 Å². The molecule has 0 aliphatic carbocycles. The molecule has 5 nitrogen and oxygen atoms in total. The highest BCUT2D eigenvalue weighted by molar-refractivity contribution is 7.15. The lowest BCUT2D eigenvalue weighted by Gasteiger charge is -2.27. The molecule has 0 aliphatic rings. The molecular weight excluding hydrogens is 284 g/mol. The second-order valence-corrected chi connectivity index (χ2v) is 5.75. The van der Waals surface area contributed by atoms with E-state index in [0.717, 1.165) is 17.8 Å². The molecule has 0 aliphatic heterocycles. The molecular formula is C12H23ClN4OS. The summed E-state index contributed by atoms with van der Waals surface area (Å²) in [5.41, 5.74) is 5.25. The maximum Gasteiger partial charge on any atom is 0.233 e. The van der Waals surface area contributed by atoms with E-state index in [1.807, 2.05) is 27.7 Å². The van der Waals surface area contributed by atoms with Crippen molar-refractivity contribution in [3.8, 4) is 0 Å². The summed E-state index contributed by atoms with van der Waals surface area (Å²) in [7, 11) is 0. The van der Waals surface area contributed by atoms with Crippen LogP contribution < -0.4 is 11.1 Å². The van der Waals surface area contributed by atoms with Gasteiger partial charge in [0.25, 0.3) is 0 Å². The third-order valence-corrected chi connectivity index (χ3v) is 4.52. The fourth-order valence-electron chi connectivity index (χ4n) is 1.70. The molecule has 1 heterocycles. The molecule has 1 aromatic rings. The summed E-state index contributed by atoms with van der Waals surface area (Å²) >= 11 is 1.42. The van der Waals surface area contributed by atoms with Crippen LogP contribution in [-0.2, 0) is 4.79 Å². The summed E-state index contributed by atoms with van der Waals surface area (Å²) in [4.78, 5) is 12.3. The monoisotopic (exact) mass is 306 g/mol. The van der Waals surface area contributed by atoms with Crippen LogP contribution in [-0.4, -0.2) is 22.6 Å². The Morgan fingerprint density at radius 1 is 1.37 bits per heavy atom. The minimum absolute atomic E-state index is 0. The summed E-state index contributed by atoms with van der Waals surface area (Å²) in [6, 6.07) is 0. The molecule has 0 saturated heterocycles. The zero-order chi connectivity index (χ0) is 13.8. The van der Waals surface area contributed by atoms with Crippen LogP contribution in [0.15, 0.2) is 0 Å². The third-order valence-electron chi connectivity index (χ3n) is 3.38. The van der Waals surface area contributed by atoms with Gasteiger partial charge in [0.2, 0.25) is 11.0 Å². The number of nitrogens with zero attached hydrogens (tertiary/aromatic N) is 2. The van der Waals surface area contributed by atoms with Gasteiger partial charge in [-0.15, -0.1) is 22.6 Å². The van der Waals surface area contributed by atoms with Gasteiger partial charge in [-0.05, 0) is 12.8 Å². The first-order chi connectivity index (χ1) is 8.49. The predicted molar refractivity (Wildman–Crippen MR) is 81.9 cm³/mol. The van der Waals surface area contributed by atoms with Crippen molar-refractivity contribution in [3.05, 3.63) is 5.01 Å². The van der Waals surface area contributed by atoms with Crippen molar-refractivity contribution in [3.63, 3.8) is 0 Å². The van der Waals surface area contributed by atoms with Gasteiger partial charge >= 0.3 is 0 Å². The number of carbonyl (C=O) groups excluding carboxylic acids is 1. The van der Waals surface area contributed by atoms with E-state index in [0.29, 0.717) is 17.6 Å². The van der Waals surface area contributed by atoms with Crippen LogP contribution in [0.25, 0.3) is 0 Å². The average molecular weight is 307 g/mol. The molecule has 0 bridgehead atoms. The first kappa shape index (κ1) is 18.3. The van der Waals surface area contributed by atoms with Gasteiger partial charge in [-0.2, -0.15) is 0 Å². The Bertz CT molecular complexity index is 396. The lowest BCUT2D eigenvalue weighted by atomic mass is 9.81. The van der Waals surface area contributed by atoms with Gasteiger partial charge in [0.05, 0.1) is 5.41 Å². The smallest absolute Gasteiger partial charge is 0.233 e. The van der Waals surface area contributed by atoms with Gasteiger partial charge < -0.3 is 5.73 Å². The van der Waals surface area contributed by atoms with Gasteiger partial charge in [0.1, 0.15) is 5.01 Å². The molecule has 3 N–H and O–H groups in total. The van der Waals surface area contributed by atoms with Crippen molar-refractivity contribution < 1.29 is 4.79 Å². The average Bonchev–Trinajstić information content (AvgIpc) is 2.81. The van der Waals surface area contributed by atoms with E-state index in [9.17, 15) is 4.79 Å². The molecule has 0 saturated carbocycles. The summed E-state index contributed by atoms with van der Waals surface area (Å²) in [5.74, 6) is 0.270. The topological polar surface area (TPSA) is 80.9 Å². The molecule has 0 fully saturated rings. The Balaban J connectivity index is 0.00000324. The van der Waals surface area contributed by atoms with Gasteiger partial charge in [0, 0.05) is 12.5 Å². The van der Waals surface area contributed by atoms with Gasteiger partial charge in [0.15, 0.2) is 0 Å². The van der Waals surface area contributed by atoms with Crippen LogP contribution >= 0.6 is 23.7 Å². The SMILES string of the molecule is CCC(CC)(CN)C(=O)Nc1nnc(C(C)C)s1.Cl. The third kappa shape index (κ3) is 4.12. The highest BCUT2D eigenvalue weighted by Crippen LogP contribution is 2.28. The van der Waals surface area contributed by atoms with E-state index in [1.165, 1.54) is 11.3 Å². The number of aromatic nitrogens is 2. The summed E-state index contributed by atoms with van der Waals surface area (Å²) < 4.78 is 0. The molecule has 1 aromatic heterocycles. The Morgan fingerprint density at radius 3 is 2.32 bits per heavy atom. The minimum Gasteiger partial charge on any atom is -0.329 e. The lowest BCUT2D eigenvalue weighted by Crippen LogP contribution is -2.41. The largest absolute Gasteiger partial charge is 0.329 e. The van der Waals surface area contributed by atoms with Crippen molar-refractivity contribution in [2.75, 3.05) is 11.9 Å². The fraction of sp³-hybridized carbons (Fsp3) is 0.750. The first-order valence-electron chi connectivity index (χ1n) is 6.34. The fourth-order valence-corrected chi connectivity index (χ4v) is 2.44. The van der Waals surface area contributed by atoms with E-state index in [2.05, 4.69) is 15.5 Å². The molecule has 0 aromatic carbocycles. The molecule has 0 radical (unpaired) electrons. The van der Waals surface area contributed by atoms with E-state index in [1.54, 1.807) is 0 Å². The number of carbonyl (C=O) groups is 1. The normalized spacial score (nSPS) is 11.3. The first-order valence-corrected chi connectivity index (χ1v) is 7.15. The van der Waals surface area contributed by atoms with Crippen molar-refractivity contribution in [2.24, 2.45) is 11.1 Å². The molecule has 110 valence electrons. The molecule has 1 amide bonds. The highest BCUT2D eigenvalue weighted by Gasteiger charge is 2.33. The number of nitrogens with one attached hydrogen (secondary N) is 1. The highest BCUT2D eigenvalue weighted by atomic mass is 35.5. The number of anilines is 1. The van der Waals surface area contributed by atoms with Crippen molar-refractivity contribution in [2.45, 2.75) is 46.5 Å². The second-order valence-electron chi connectivity index (χ2n) is 4.75. The van der Waals surface area contributed by atoms with E-state index in [-0.39, 0.29) is 18.3 Å². The second kappa shape index (κ2) is 7.77. The van der Waals surface area contributed by atoms with Crippen LogP contribution in [0.4, 0.5) is 5.13 Å². The van der Waals surface area contributed by atoms with Gasteiger partial charge in [-0.1, -0.05) is 39.0 Å². The summed E-state index contributed by atoms with van der Waals surface area (Å²) in [6.07, 6.45) is 1.45. The van der Waals surface area contributed by atoms with Crippen molar-refractivity contribution in [1.29, 1.82) is 0 Å². The number of amides is 1. The predicted octanol–water partition coefficient (Wildman–Crippen LogP) is 2.79. The Labute approximate surface area is 124 Å². The summed E-state index contributed by atoms with van der Waals surface area (Å²) in [5, 5.41) is 12.4. The quantitative estimate of drug-likeness (QED) is 0.847. The number of hydrogen-bond donors (Lipinski definition) is 2. The number of halogens is 1.